The van der Waals surface area contributed by atoms with Gasteiger partial charge in [-0.2, -0.15) is 0 Å². The molecule has 0 bridgehead atoms. The average molecular weight is 253 g/mol. The SMILES string of the molecule is CC(C)(C)c1ccc(C=CCBr)cc1. The van der Waals surface area contributed by atoms with E-state index in [1.54, 1.807) is 0 Å². The van der Waals surface area contributed by atoms with E-state index in [-0.39, 0.29) is 5.41 Å². The van der Waals surface area contributed by atoms with Crippen LogP contribution in [-0.2, 0) is 5.41 Å². The van der Waals surface area contributed by atoms with Gasteiger partial charge in [0.1, 0.15) is 0 Å². The van der Waals surface area contributed by atoms with Crippen LogP contribution in [0, 0.1) is 0 Å². The van der Waals surface area contributed by atoms with Gasteiger partial charge in [-0.1, -0.05) is 73.1 Å². The highest BCUT2D eigenvalue weighted by molar-refractivity contribution is 9.09. The third kappa shape index (κ3) is 3.30. The monoisotopic (exact) mass is 252 g/mol. The van der Waals surface area contributed by atoms with Gasteiger partial charge < -0.3 is 0 Å². The van der Waals surface area contributed by atoms with E-state index in [2.05, 4.69) is 73.1 Å². The lowest BCUT2D eigenvalue weighted by atomic mass is 9.87. The molecule has 0 fully saturated rings. The quantitative estimate of drug-likeness (QED) is 0.685. The molecule has 0 atom stereocenters. The molecule has 0 aliphatic carbocycles. The molecular weight excluding hydrogens is 236 g/mol. The Balaban J connectivity index is 2.84. The molecule has 1 heteroatoms. The molecule has 0 saturated heterocycles. The van der Waals surface area contributed by atoms with Gasteiger partial charge in [-0.25, -0.2) is 0 Å². The van der Waals surface area contributed by atoms with Crippen molar-refractivity contribution in [1.29, 1.82) is 0 Å². The standard InChI is InChI=1S/C13H17Br/c1-13(2,3)12-8-6-11(7-9-12)5-4-10-14/h4-9H,10H2,1-3H3. The van der Waals surface area contributed by atoms with Crippen molar-refractivity contribution in [3.63, 3.8) is 0 Å². The lowest BCUT2D eigenvalue weighted by Crippen LogP contribution is -2.10. The molecule has 0 amide bonds. The Morgan fingerprint density at radius 1 is 1.14 bits per heavy atom. The summed E-state index contributed by atoms with van der Waals surface area (Å²) in [5.74, 6) is 0. The third-order valence-corrected chi connectivity index (χ3v) is 2.55. The lowest BCUT2D eigenvalue weighted by molar-refractivity contribution is 0.590. The van der Waals surface area contributed by atoms with Crippen molar-refractivity contribution >= 4 is 22.0 Å². The van der Waals surface area contributed by atoms with Crippen molar-refractivity contribution < 1.29 is 0 Å². The summed E-state index contributed by atoms with van der Waals surface area (Å²) in [5, 5.41) is 0.911. The van der Waals surface area contributed by atoms with Gasteiger partial charge in [-0.15, -0.1) is 0 Å². The molecular formula is C13H17Br. The van der Waals surface area contributed by atoms with E-state index >= 15 is 0 Å². The van der Waals surface area contributed by atoms with E-state index in [0.29, 0.717) is 0 Å². The maximum absolute atomic E-state index is 3.37. The van der Waals surface area contributed by atoms with Crippen molar-refractivity contribution in [1.82, 2.24) is 0 Å². The summed E-state index contributed by atoms with van der Waals surface area (Å²) in [6.07, 6.45) is 4.23. The first-order chi connectivity index (χ1) is 6.54. The molecule has 0 N–H and O–H groups in total. The Bertz CT molecular complexity index is 301. The van der Waals surface area contributed by atoms with E-state index in [0.717, 1.165) is 5.33 Å². The van der Waals surface area contributed by atoms with E-state index in [9.17, 15) is 0 Å². The molecule has 0 spiro atoms. The number of hydrogen-bond acceptors (Lipinski definition) is 0. The number of allylic oxidation sites excluding steroid dienone is 1. The zero-order chi connectivity index (χ0) is 10.6. The Kier molecular flexibility index (Phi) is 3.94. The first-order valence-electron chi connectivity index (χ1n) is 4.87. The summed E-state index contributed by atoms with van der Waals surface area (Å²) < 4.78 is 0. The van der Waals surface area contributed by atoms with Gasteiger partial charge in [0.15, 0.2) is 0 Å². The molecule has 76 valence electrons. The molecule has 0 aliphatic rings. The minimum atomic E-state index is 0.248. The van der Waals surface area contributed by atoms with Crippen LogP contribution >= 0.6 is 15.9 Å². The van der Waals surface area contributed by atoms with Gasteiger partial charge in [0.25, 0.3) is 0 Å². The Morgan fingerprint density at radius 3 is 2.14 bits per heavy atom. The number of rotatable bonds is 2. The van der Waals surface area contributed by atoms with Crippen LogP contribution in [0.2, 0.25) is 0 Å². The summed E-state index contributed by atoms with van der Waals surface area (Å²) in [6, 6.07) is 8.74. The second-order valence-electron chi connectivity index (χ2n) is 4.43. The van der Waals surface area contributed by atoms with Crippen LogP contribution in [0.3, 0.4) is 0 Å². The van der Waals surface area contributed by atoms with Gasteiger partial charge in [-0.3, -0.25) is 0 Å². The van der Waals surface area contributed by atoms with Gasteiger partial charge in [0.05, 0.1) is 0 Å². The number of alkyl halides is 1. The molecule has 14 heavy (non-hydrogen) atoms. The molecule has 0 heterocycles. The van der Waals surface area contributed by atoms with Crippen LogP contribution in [0.1, 0.15) is 31.9 Å². The maximum atomic E-state index is 3.37. The molecule has 0 aromatic heterocycles. The maximum Gasteiger partial charge on any atom is 0.0215 e. The Morgan fingerprint density at radius 2 is 1.71 bits per heavy atom. The number of hydrogen-bond donors (Lipinski definition) is 0. The van der Waals surface area contributed by atoms with Crippen LogP contribution in [0.15, 0.2) is 30.3 Å². The molecule has 1 aromatic rings. The van der Waals surface area contributed by atoms with Crippen molar-refractivity contribution in [3.05, 3.63) is 41.5 Å². The highest BCUT2D eigenvalue weighted by Crippen LogP contribution is 2.22. The second kappa shape index (κ2) is 4.79. The summed E-state index contributed by atoms with van der Waals surface area (Å²) in [4.78, 5) is 0. The van der Waals surface area contributed by atoms with Crippen molar-refractivity contribution in [2.75, 3.05) is 5.33 Å². The Hall–Kier alpha value is -0.560. The lowest BCUT2D eigenvalue weighted by Gasteiger charge is -2.18. The van der Waals surface area contributed by atoms with Crippen molar-refractivity contribution in [2.45, 2.75) is 26.2 Å². The van der Waals surface area contributed by atoms with Gasteiger partial charge >= 0.3 is 0 Å². The van der Waals surface area contributed by atoms with E-state index in [1.165, 1.54) is 11.1 Å². The zero-order valence-corrected chi connectivity index (χ0v) is 10.6. The van der Waals surface area contributed by atoms with Crippen molar-refractivity contribution in [3.8, 4) is 0 Å². The van der Waals surface area contributed by atoms with Crippen LogP contribution in [0.4, 0.5) is 0 Å². The fourth-order valence-corrected chi connectivity index (χ4v) is 1.46. The summed E-state index contributed by atoms with van der Waals surface area (Å²) >= 11 is 3.37. The van der Waals surface area contributed by atoms with E-state index < -0.39 is 0 Å². The van der Waals surface area contributed by atoms with Crippen LogP contribution in [0.25, 0.3) is 6.08 Å². The molecule has 0 unspecified atom stereocenters. The first-order valence-corrected chi connectivity index (χ1v) is 5.99. The molecule has 0 nitrogen and oxygen atoms in total. The fourth-order valence-electron chi connectivity index (χ4n) is 1.27. The third-order valence-electron chi connectivity index (χ3n) is 2.18. The fraction of sp³-hybridized carbons (Fsp3) is 0.385. The van der Waals surface area contributed by atoms with Crippen LogP contribution < -0.4 is 0 Å². The zero-order valence-electron chi connectivity index (χ0n) is 9.05. The summed E-state index contributed by atoms with van der Waals surface area (Å²) in [6.45, 7) is 6.70. The summed E-state index contributed by atoms with van der Waals surface area (Å²) in [5.41, 5.74) is 2.89. The first kappa shape index (κ1) is 11.5. The molecule has 1 aromatic carbocycles. The topological polar surface area (TPSA) is 0 Å². The largest absolute Gasteiger partial charge is 0.0883 e. The van der Waals surface area contributed by atoms with E-state index in [1.807, 2.05) is 0 Å². The molecule has 0 aliphatic heterocycles. The normalized spacial score (nSPS) is 12.3. The van der Waals surface area contributed by atoms with Crippen molar-refractivity contribution in [2.24, 2.45) is 0 Å². The average Bonchev–Trinajstić information content (AvgIpc) is 2.14. The van der Waals surface area contributed by atoms with Crippen LogP contribution in [-0.4, -0.2) is 5.33 Å². The number of halogens is 1. The van der Waals surface area contributed by atoms with Gasteiger partial charge in [-0.05, 0) is 16.5 Å². The molecule has 1 rings (SSSR count). The highest BCUT2D eigenvalue weighted by Gasteiger charge is 2.12. The molecule has 0 radical (unpaired) electrons. The summed E-state index contributed by atoms with van der Waals surface area (Å²) in [7, 11) is 0. The van der Waals surface area contributed by atoms with Crippen LogP contribution in [0.5, 0.6) is 0 Å². The predicted molar refractivity (Wildman–Crippen MR) is 68.0 cm³/mol. The second-order valence-corrected chi connectivity index (χ2v) is 5.08. The van der Waals surface area contributed by atoms with Gasteiger partial charge in [0.2, 0.25) is 0 Å². The smallest absolute Gasteiger partial charge is 0.0215 e. The predicted octanol–water partition coefficient (Wildman–Crippen LogP) is 4.39. The molecule has 0 saturated carbocycles. The highest BCUT2D eigenvalue weighted by atomic mass is 79.9. The minimum absolute atomic E-state index is 0.248. The van der Waals surface area contributed by atoms with Gasteiger partial charge in [0, 0.05) is 5.33 Å². The Labute approximate surface area is 95.2 Å². The number of benzene rings is 1. The minimum Gasteiger partial charge on any atom is -0.0883 e. The van der Waals surface area contributed by atoms with E-state index in [4.69, 9.17) is 0 Å².